The maximum absolute atomic E-state index is 13.1. The second-order valence-electron chi connectivity index (χ2n) is 5.83. The summed E-state index contributed by atoms with van der Waals surface area (Å²) in [5.41, 5.74) is 1.63. The van der Waals surface area contributed by atoms with Gasteiger partial charge in [0, 0.05) is 26.4 Å². The van der Waals surface area contributed by atoms with Gasteiger partial charge in [0.15, 0.2) is 5.13 Å². The molecule has 0 unspecified atom stereocenters. The van der Waals surface area contributed by atoms with E-state index in [4.69, 9.17) is 4.74 Å². The molecule has 3 rings (SSSR count). The number of pyridine rings is 1. The average Bonchev–Trinajstić information content (AvgIpc) is 3.24. The monoisotopic (exact) mass is 346 g/mol. The fourth-order valence-corrected chi connectivity index (χ4v) is 3.67. The first-order chi connectivity index (χ1) is 11.7. The number of thiazole rings is 1. The third-order valence-corrected chi connectivity index (χ3v) is 5.18. The lowest BCUT2D eigenvalue weighted by Gasteiger charge is -2.25. The highest BCUT2D eigenvalue weighted by Gasteiger charge is 2.26. The molecule has 0 aromatic carbocycles. The molecule has 1 aliphatic rings. The van der Waals surface area contributed by atoms with Gasteiger partial charge in [0.1, 0.15) is 4.88 Å². The lowest BCUT2D eigenvalue weighted by molar-refractivity contribution is 0.0507. The number of ether oxygens (including phenoxy) is 1. The number of anilines is 1. The van der Waals surface area contributed by atoms with Crippen molar-refractivity contribution in [1.82, 2.24) is 14.9 Å². The number of amides is 1. The molecule has 6 nitrogen and oxygen atoms in total. The van der Waals surface area contributed by atoms with Crippen molar-refractivity contribution in [3.8, 4) is 0 Å². The Kier molecular flexibility index (Phi) is 5.42. The Bertz CT molecular complexity index is 683. The average molecular weight is 346 g/mol. The van der Waals surface area contributed by atoms with Gasteiger partial charge in [0.2, 0.25) is 0 Å². The zero-order chi connectivity index (χ0) is 16.9. The molecule has 1 N–H and O–H groups in total. The van der Waals surface area contributed by atoms with Gasteiger partial charge in [0.25, 0.3) is 5.91 Å². The normalized spacial score (nSPS) is 17.0. The third-order valence-electron chi connectivity index (χ3n) is 4.02. The summed E-state index contributed by atoms with van der Waals surface area (Å²) in [6, 6.07) is 5.75. The first kappa shape index (κ1) is 16.9. The Morgan fingerprint density at radius 3 is 3.00 bits per heavy atom. The molecule has 24 heavy (non-hydrogen) atoms. The van der Waals surface area contributed by atoms with Crippen LogP contribution >= 0.6 is 11.3 Å². The summed E-state index contributed by atoms with van der Waals surface area (Å²) in [5, 5.41) is 3.76. The number of aromatic nitrogens is 2. The van der Waals surface area contributed by atoms with Crippen LogP contribution in [0.25, 0.3) is 0 Å². The van der Waals surface area contributed by atoms with Gasteiger partial charge in [-0.2, -0.15) is 0 Å². The lowest BCUT2D eigenvalue weighted by atomic mass is 10.2. The van der Waals surface area contributed by atoms with Crippen LogP contribution in [0.15, 0.2) is 24.4 Å². The van der Waals surface area contributed by atoms with Crippen molar-refractivity contribution in [2.45, 2.75) is 32.4 Å². The highest BCUT2D eigenvalue weighted by atomic mass is 32.1. The van der Waals surface area contributed by atoms with Gasteiger partial charge in [-0.15, -0.1) is 0 Å². The van der Waals surface area contributed by atoms with Gasteiger partial charge >= 0.3 is 0 Å². The van der Waals surface area contributed by atoms with E-state index >= 15 is 0 Å². The molecule has 128 valence electrons. The molecule has 2 aromatic heterocycles. The van der Waals surface area contributed by atoms with E-state index in [0.717, 1.165) is 36.0 Å². The molecular formula is C17H22N4O2S. The fourth-order valence-electron chi connectivity index (χ4n) is 2.79. The van der Waals surface area contributed by atoms with Crippen molar-refractivity contribution in [1.29, 1.82) is 0 Å². The Labute approximate surface area is 145 Å². The molecule has 1 amide bonds. The highest BCUT2D eigenvalue weighted by molar-refractivity contribution is 7.17. The molecular weight excluding hydrogens is 324 g/mol. The predicted octanol–water partition coefficient (Wildman–Crippen LogP) is 2.71. The van der Waals surface area contributed by atoms with Crippen LogP contribution in [0.4, 0.5) is 5.13 Å². The molecule has 0 aliphatic carbocycles. The van der Waals surface area contributed by atoms with E-state index < -0.39 is 0 Å². The maximum Gasteiger partial charge on any atom is 0.266 e. The number of aryl methyl sites for hydroxylation is 1. The van der Waals surface area contributed by atoms with Gasteiger partial charge in [-0.3, -0.25) is 9.78 Å². The summed E-state index contributed by atoms with van der Waals surface area (Å²) in [6.07, 6.45) is 3.91. The van der Waals surface area contributed by atoms with E-state index in [1.54, 1.807) is 6.20 Å². The van der Waals surface area contributed by atoms with Gasteiger partial charge < -0.3 is 15.0 Å². The van der Waals surface area contributed by atoms with Gasteiger partial charge in [-0.05, 0) is 31.9 Å². The number of hydrogen-bond acceptors (Lipinski definition) is 6. The van der Waals surface area contributed by atoms with Crippen molar-refractivity contribution in [3.05, 3.63) is 40.7 Å². The number of rotatable bonds is 6. The number of nitrogens with one attached hydrogen (secondary N) is 1. The van der Waals surface area contributed by atoms with Crippen LogP contribution in [-0.4, -0.2) is 47.1 Å². The Morgan fingerprint density at radius 2 is 2.38 bits per heavy atom. The van der Waals surface area contributed by atoms with Gasteiger partial charge in [-0.1, -0.05) is 17.4 Å². The van der Waals surface area contributed by atoms with Crippen molar-refractivity contribution in [3.63, 3.8) is 0 Å². The molecule has 3 heterocycles. The first-order valence-electron chi connectivity index (χ1n) is 8.13. The SMILES string of the molecule is CNc1nc(C)c(C(=O)N(Cc2ccccn2)C[C@H]2CCCO2)s1. The van der Waals surface area contributed by atoms with Crippen molar-refractivity contribution in [2.75, 3.05) is 25.5 Å². The minimum absolute atomic E-state index is 0.00680. The van der Waals surface area contributed by atoms with E-state index in [1.165, 1.54) is 11.3 Å². The third kappa shape index (κ3) is 3.91. The molecule has 7 heteroatoms. The van der Waals surface area contributed by atoms with Crippen molar-refractivity contribution in [2.24, 2.45) is 0 Å². The van der Waals surface area contributed by atoms with Crippen LogP contribution in [0.3, 0.4) is 0 Å². The van der Waals surface area contributed by atoms with Crippen LogP contribution in [-0.2, 0) is 11.3 Å². The van der Waals surface area contributed by atoms with E-state index in [-0.39, 0.29) is 12.0 Å². The summed E-state index contributed by atoms with van der Waals surface area (Å²) >= 11 is 1.39. The molecule has 0 spiro atoms. The standard InChI is InChI=1S/C17H22N4O2S/c1-12-15(24-17(18-2)20-12)16(22)21(11-14-7-5-9-23-14)10-13-6-3-4-8-19-13/h3-4,6,8,14H,5,7,9-11H2,1-2H3,(H,18,20)/t14-/m1/s1. The van der Waals surface area contributed by atoms with Crippen LogP contribution in [0.5, 0.6) is 0 Å². The zero-order valence-corrected chi connectivity index (χ0v) is 14.8. The molecule has 1 aliphatic heterocycles. The van der Waals surface area contributed by atoms with Crippen LogP contribution in [0.2, 0.25) is 0 Å². The van der Waals surface area contributed by atoms with E-state index in [2.05, 4.69) is 15.3 Å². The number of carbonyl (C=O) groups excluding carboxylic acids is 1. The molecule has 0 saturated carbocycles. The van der Waals surface area contributed by atoms with Gasteiger partial charge in [0.05, 0.1) is 24.0 Å². The zero-order valence-electron chi connectivity index (χ0n) is 14.0. The quantitative estimate of drug-likeness (QED) is 0.871. The second kappa shape index (κ2) is 7.72. The molecule has 0 radical (unpaired) electrons. The fraction of sp³-hybridized carbons (Fsp3) is 0.471. The van der Waals surface area contributed by atoms with E-state index in [9.17, 15) is 4.79 Å². The van der Waals surface area contributed by atoms with E-state index in [0.29, 0.717) is 18.0 Å². The summed E-state index contributed by atoms with van der Waals surface area (Å²) in [4.78, 5) is 24.3. The highest BCUT2D eigenvalue weighted by Crippen LogP contribution is 2.25. The summed E-state index contributed by atoms with van der Waals surface area (Å²) in [5.74, 6) is -0.00680. The van der Waals surface area contributed by atoms with Gasteiger partial charge in [-0.25, -0.2) is 4.98 Å². The van der Waals surface area contributed by atoms with Crippen LogP contribution in [0.1, 0.15) is 33.9 Å². The van der Waals surface area contributed by atoms with Crippen LogP contribution < -0.4 is 5.32 Å². The molecule has 0 bridgehead atoms. The summed E-state index contributed by atoms with van der Waals surface area (Å²) in [7, 11) is 1.81. The van der Waals surface area contributed by atoms with Crippen molar-refractivity contribution < 1.29 is 9.53 Å². The molecule has 2 aromatic rings. The Balaban J connectivity index is 1.81. The second-order valence-corrected chi connectivity index (χ2v) is 6.82. The lowest BCUT2D eigenvalue weighted by Crippen LogP contribution is -2.37. The number of hydrogen-bond donors (Lipinski definition) is 1. The Hall–Kier alpha value is -1.99. The number of carbonyl (C=O) groups is 1. The Morgan fingerprint density at radius 1 is 1.50 bits per heavy atom. The summed E-state index contributed by atoms with van der Waals surface area (Å²) in [6.45, 7) is 3.71. The largest absolute Gasteiger partial charge is 0.376 e. The first-order valence-corrected chi connectivity index (χ1v) is 8.95. The maximum atomic E-state index is 13.1. The van der Waals surface area contributed by atoms with Crippen molar-refractivity contribution >= 4 is 22.4 Å². The number of nitrogens with zero attached hydrogens (tertiary/aromatic N) is 3. The molecule has 1 saturated heterocycles. The molecule has 1 atom stereocenters. The van der Waals surface area contributed by atoms with E-state index in [1.807, 2.05) is 37.1 Å². The minimum atomic E-state index is -0.00680. The predicted molar refractivity (Wildman–Crippen MR) is 94.3 cm³/mol. The molecule has 1 fully saturated rings. The topological polar surface area (TPSA) is 67.4 Å². The smallest absolute Gasteiger partial charge is 0.266 e. The summed E-state index contributed by atoms with van der Waals surface area (Å²) < 4.78 is 5.72. The minimum Gasteiger partial charge on any atom is -0.376 e. The van der Waals surface area contributed by atoms with Crippen LogP contribution in [0, 0.1) is 6.92 Å².